The molecule has 128 valence electrons. The van der Waals surface area contributed by atoms with Gasteiger partial charge in [-0.2, -0.15) is 0 Å². The van der Waals surface area contributed by atoms with Gasteiger partial charge >= 0.3 is 0 Å². The Labute approximate surface area is 140 Å². The zero-order valence-corrected chi connectivity index (χ0v) is 14.5. The molecule has 1 N–H and O–H groups in total. The van der Waals surface area contributed by atoms with Crippen molar-refractivity contribution in [2.24, 2.45) is 5.92 Å². The third-order valence-corrected chi connectivity index (χ3v) is 5.53. The van der Waals surface area contributed by atoms with Crippen molar-refractivity contribution in [3.8, 4) is 0 Å². The monoisotopic (exact) mass is 362 g/mol. The summed E-state index contributed by atoms with van der Waals surface area (Å²) >= 11 is 5.90. The van der Waals surface area contributed by atoms with Gasteiger partial charge in [-0.25, -0.2) is 17.1 Å². The van der Waals surface area contributed by atoms with Crippen LogP contribution < -0.4 is 5.32 Å². The summed E-state index contributed by atoms with van der Waals surface area (Å²) in [6, 6.07) is 3.93. The van der Waals surface area contributed by atoms with Gasteiger partial charge in [0.1, 0.15) is 5.82 Å². The van der Waals surface area contributed by atoms with Crippen LogP contribution in [0.3, 0.4) is 0 Å². The van der Waals surface area contributed by atoms with E-state index in [-0.39, 0.29) is 23.3 Å². The maximum absolute atomic E-state index is 13.0. The molecular formula is C15H20ClFN2O3S. The van der Waals surface area contributed by atoms with Gasteiger partial charge in [-0.15, -0.1) is 0 Å². The minimum Gasteiger partial charge on any atom is -0.355 e. The number of sulfonamides is 1. The van der Waals surface area contributed by atoms with Gasteiger partial charge in [-0.05, 0) is 36.5 Å². The third kappa shape index (κ3) is 5.44. The fraction of sp³-hybridized carbons (Fsp3) is 0.533. The predicted octanol–water partition coefficient (Wildman–Crippen LogP) is 1.81. The fourth-order valence-corrected chi connectivity index (χ4v) is 3.83. The molecule has 0 spiro atoms. The van der Waals surface area contributed by atoms with E-state index in [0.717, 1.165) is 12.8 Å². The number of piperidine rings is 1. The highest BCUT2D eigenvalue weighted by Crippen LogP contribution is 2.19. The standard InChI is InChI=1S/C15H20ClFN2O3S/c1-23(21,22)19-6-2-3-11(10-19)9-18-15(20)7-12-4-5-13(17)8-14(12)16/h4-5,8,11H,2-3,6-7,9-10H2,1H3,(H,18,20)/t11-/m1/s1. The van der Waals surface area contributed by atoms with Crippen LogP contribution in [0, 0.1) is 11.7 Å². The van der Waals surface area contributed by atoms with Crippen molar-refractivity contribution in [2.75, 3.05) is 25.9 Å². The molecule has 0 aromatic heterocycles. The van der Waals surface area contributed by atoms with E-state index in [1.165, 1.54) is 28.8 Å². The van der Waals surface area contributed by atoms with E-state index in [1.807, 2.05) is 0 Å². The quantitative estimate of drug-likeness (QED) is 0.868. The van der Waals surface area contributed by atoms with Crippen molar-refractivity contribution in [3.63, 3.8) is 0 Å². The van der Waals surface area contributed by atoms with E-state index < -0.39 is 15.8 Å². The Bertz CT molecular complexity index is 681. The number of carbonyl (C=O) groups excluding carboxylic acids is 1. The SMILES string of the molecule is CS(=O)(=O)N1CCC[C@H](CNC(=O)Cc2ccc(F)cc2Cl)C1. The number of amides is 1. The van der Waals surface area contributed by atoms with Crippen LogP contribution in [0.15, 0.2) is 18.2 Å². The van der Waals surface area contributed by atoms with E-state index in [1.54, 1.807) is 0 Å². The Morgan fingerprint density at radius 1 is 1.48 bits per heavy atom. The minimum absolute atomic E-state index is 0.0711. The molecule has 0 bridgehead atoms. The summed E-state index contributed by atoms with van der Waals surface area (Å²) in [5.74, 6) is -0.552. The third-order valence-electron chi connectivity index (χ3n) is 3.90. The average molecular weight is 363 g/mol. The van der Waals surface area contributed by atoms with Gasteiger partial charge in [0, 0.05) is 24.7 Å². The Morgan fingerprint density at radius 2 is 2.22 bits per heavy atom. The molecule has 23 heavy (non-hydrogen) atoms. The van der Waals surface area contributed by atoms with Gasteiger partial charge in [0.05, 0.1) is 12.7 Å². The normalized spacial score (nSPS) is 19.5. The van der Waals surface area contributed by atoms with Crippen LogP contribution >= 0.6 is 11.6 Å². The van der Waals surface area contributed by atoms with Gasteiger partial charge in [-0.1, -0.05) is 17.7 Å². The van der Waals surface area contributed by atoms with Crippen molar-refractivity contribution < 1.29 is 17.6 Å². The van der Waals surface area contributed by atoms with Crippen LogP contribution in [0.25, 0.3) is 0 Å². The van der Waals surface area contributed by atoms with E-state index in [2.05, 4.69) is 5.32 Å². The lowest BCUT2D eigenvalue weighted by Crippen LogP contribution is -2.43. The number of nitrogens with zero attached hydrogens (tertiary/aromatic N) is 1. The second kappa shape index (κ2) is 7.59. The van der Waals surface area contributed by atoms with Crippen LogP contribution in [-0.2, 0) is 21.2 Å². The molecule has 1 fully saturated rings. The topological polar surface area (TPSA) is 66.5 Å². The number of nitrogens with one attached hydrogen (secondary N) is 1. The average Bonchev–Trinajstić information content (AvgIpc) is 2.47. The maximum Gasteiger partial charge on any atom is 0.224 e. The lowest BCUT2D eigenvalue weighted by molar-refractivity contribution is -0.120. The van der Waals surface area contributed by atoms with Gasteiger partial charge in [0.2, 0.25) is 15.9 Å². The highest BCUT2D eigenvalue weighted by atomic mass is 35.5. The molecule has 0 radical (unpaired) electrons. The molecule has 1 amide bonds. The zero-order valence-electron chi connectivity index (χ0n) is 12.9. The van der Waals surface area contributed by atoms with Crippen molar-refractivity contribution in [2.45, 2.75) is 19.3 Å². The molecule has 8 heteroatoms. The molecular weight excluding hydrogens is 343 g/mol. The maximum atomic E-state index is 13.0. The first kappa shape index (κ1) is 18.2. The first-order valence-corrected chi connectivity index (χ1v) is 9.64. The molecule has 2 rings (SSSR count). The van der Waals surface area contributed by atoms with Crippen LogP contribution in [0.4, 0.5) is 4.39 Å². The Balaban J connectivity index is 1.84. The smallest absolute Gasteiger partial charge is 0.224 e. The number of benzene rings is 1. The second-order valence-corrected chi connectivity index (χ2v) is 8.24. The number of halogens is 2. The summed E-state index contributed by atoms with van der Waals surface area (Å²) < 4.78 is 37.6. The molecule has 0 aliphatic carbocycles. The Hall–Kier alpha value is -1.18. The molecule has 1 aliphatic heterocycles. The molecule has 1 aliphatic rings. The highest BCUT2D eigenvalue weighted by molar-refractivity contribution is 7.88. The molecule has 1 saturated heterocycles. The summed E-state index contributed by atoms with van der Waals surface area (Å²) in [7, 11) is -3.19. The van der Waals surface area contributed by atoms with E-state index in [4.69, 9.17) is 11.6 Å². The lowest BCUT2D eigenvalue weighted by atomic mass is 9.99. The van der Waals surface area contributed by atoms with E-state index in [0.29, 0.717) is 25.2 Å². The van der Waals surface area contributed by atoms with Crippen molar-refractivity contribution in [3.05, 3.63) is 34.6 Å². The first-order chi connectivity index (χ1) is 10.8. The van der Waals surface area contributed by atoms with Crippen LogP contribution in [-0.4, -0.2) is 44.5 Å². The number of hydrogen-bond donors (Lipinski definition) is 1. The minimum atomic E-state index is -3.19. The van der Waals surface area contributed by atoms with Gasteiger partial charge in [0.15, 0.2) is 0 Å². The van der Waals surface area contributed by atoms with Crippen molar-refractivity contribution >= 4 is 27.5 Å². The first-order valence-electron chi connectivity index (χ1n) is 7.41. The largest absolute Gasteiger partial charge is 0.355 e. The molecule has 5 nitrogen and oxygen atoms in total. The highest BCUT2D eigenvalue weighted by Gasteiger charge is 2.26. The van der Waals surface area contributed by atoms with Gasteiger partial charge in [0.25, 0.3) is 0 Å². The summed E-state index contributed by atoms with van der Waals surface area (Å²) in [5.41, 5.74) is 0.562. The van der Waals surface area contributed by atoms with Crippen LogP contribution in [0.5, 0.6) is 0 Å². The van der Waals surface area contributed by atoms with E-state index >= 15 is 0 Å². The van der Waals surface area contributed by atoms with Crippen molar-refractivity contribution in [1.29, 1.82) is 0 Å². The zero-order chi connectivity index (χ0) is 17.0. The lowest BCUT2D eigenvalue weighted by Gasteiger charge is -2.31. The molecule has 1 heterocycles. The van der Waals surface area contributed by atoms with Crippen LogP contribution in [0.1, 0.15) is 18.4 Å². The molecule has 1 aromatic carbocycles. The number of rotatable bonds is 5. The molecule has 0 saturated carbocycles. The number of hydrogen-bond acceptors (Lipinski definition) is 3. The van der Waals surface area contributed by atoms with Crippen molar-refractivity contribution in [1.82, 2.24) is 9.62 Å². The molecule has 0 unspecified atom stereocenters. The fourth-order valence-electron chi connectivity index (χ4n) is 2.65. The summed E-state index contributed by atoms with van der Waals surface area (Å²) in [6.07, 6.45) is 2.94. The van der Waals surface area contributed by atoms with Crippen LogP contribution in [0.2, 0.25) is 5.02 Å². The van der Waals surface area contributed by atoms with Gasteiger partial charge < -0.3 is 5.32 Å². The predicted molar refractivity (Wildman–Crippen MR) is 87.3 cm³/mol. The Morgan fingerprint density at radius 3 is 2.87 bits per heavy atom. The summed E-state index contributed by atoms with van der Waals surface area (Å²) in [4.78, 5) is 12.0. The second-order valence-electron chi connectivity index (χ2n) is 5.85. The molecule has 1 aromatic rings. The number of carbonyl (C=O) groups is 1. The summed E-state index contributed by atoms with van der Waals surface area (Å²) in [6.45, 7) is 1.38. The van der Waals surface area contributed by atoms with Gasteiger partial charge in [-0.3, -0.25) is 4.79 Å². The summed E-state index contributed by atoms with van der Waals surface area (Å²) in [5, 5.41) is 3.03. The Kier molecular flexibility index (Phi) is 6.00. The molecule has 1 atom stereocenters. The van der Waals surface area contributed by atoms with E-state index in [9.17, 15) is 17.6 Å².